The van der Waals surface area contributed by atoms with Gasteiger partial charge in [-0.15, -0.1) is 0 Å². The van der Waals surface area contributed by atoms with E-state index in [1.54, 1.807) is 24.5 Å². The van der Waals surface area contributed by atoms with E-state index >= 15 is 0 Å². The number of carbonyl (C=O) groups is 1. The molecule has 0 fully saturated rings. The number of aromatic nitrogens is 2. The van der Waals surface area contributed by atoms with Gasteiger partial charge in [0.25, 0.3) is 0 Å². The van der Waals surface area contributed by atoms with E-state index in [1.807, 2.05) is 18.2 Å². The molecule has 0 saturated carbocycles. The lowest BCUT2D eigenvalue weighted by atomic mass is 10.1. The van der Waals surface area contributed by atoms with Gasteiger partial charge >= 0.3 is 0 Å². The van der Waals surface area contributed by atoms with Crippen LogP contribution in [0.1, 0.15) is 10.4 Å². The van der Waals surface area contributed by atoms with Gasteiger partial charge in [-0.3, -0.25) is 4.79 Å². The number of carbonyl (C=O) groups excluding carboxylic acids is 1. The molecule has 1 heterocycles. The Balaban J connectivity index is 2.57. The first-order valence-corrected chi connectivity index (χ1v) is 4.23. The summed E-state index contributed by atoms with van der Waals surface area (Å²) in [4.78, 5) is 18.9. The summed E-state index contributed by atoms with van der Waals surface area (Å²) in [5.74, 6) is 0.579. The maximum atomic E-state index is 10.7. The van der Waals surface area contributed by atoms with E-state index in [4.69, 9.17) is 0 Å². The lowest BCUT2D eigenvalue weighted by Gasteiger charge is -2.01. The fourth-order valence-electron chi connectivity index (χ4n) is 1.24. The normalized spacial score (nSPS) is 9.71. The maximum absolute atomic E-state index is 10.7. The summed E-state index contributed by atoms with van der Waals surface area (Å²) in [6.45, 7) is 0. The van der Waals surface area contributed by atoms with Crippen LogP contribution in [-0.4, -0.2) is 16.3 Å². The second kappa shape index (κ2) is 3.79. The molecule has 0 unspecified atom stereocenters. The molecule has 0 aliphatic carbocycles. The van der Waals surface area contributed by atoms with Crippen molar-refractivity contribution in [3.63, 3.8) is 0 Å². The van der Waals surface area contributed by atoms with Gasteiger partial charge in [-0.2, -0.15) is 0 Å². The zero-order chi connectivity index (χ0) is 9.80. The standard InChI is InChI=1S/C11H8N2O/c14-8-9-4-1-2-5-10(9)11-12-6-3-7-13-11/h1-8H. The van der Waals surface area contributed by atoms with Crippen molar-refractivity contribution in [1.29, 1.82) is 0 Å². The first-order valence-electron chi connectivity index (χ1n) is 4.23. The molecule has 2 rings (SSSR count). The van der Waals surface area contributed by atoms with Crippen molar-refractivity contribution in [2.24, 2.45) is 0 Å². The highest BCUT2D eigenvalue weighted by atomic mass is 16.1. The first-order chi connectivity index (χ1) is 6.92. The summed E-state index contributed by atoms with van der Waals surface area (Å²) in [6.07, 6.45) is 4.12. The Morgan fingerprint density at radius 2 is 1.71 bits per heavy atom. The molecule has 1 aromatic heterocycles. The summed E-state index contributed by atoms with van der Waals surface area (Å²) < 4.78 is 0. The second-order valence-corrected chi connectivity index (χ2v) is 2.78. The van der Waals surface area contributed by atoms with E-state index in [-0.39, 0.29) is 0 Å². The van der Waals surface area contributed by atoms with E-state index in [1.165, 1.54) is 0 Å². The van der Waals surface area contributed by atoms with Crippen LogP contribution in [0.2, 0.25) is 0 Å². The van der Waals surface area contributed by atoms with Crippen molar-refractivity contribution in [3.8, 4) is 11.4 Å². The van der Waals surface area contributed by atoms with Crippen LogP contribution >= 0.6 is 0 Å². The zero-order valence-electron chi connectivity index (χ0n) is 7.42. The Morgan fingerprint density at radius 1 is 1.00 bits per heavy atom. The summed E-state index contributed by atoms with van der Waals surface area (Å²) >= 11 is 0. The van der Waals surface area contributed by atoms with Crippen molar-refractivity contribution >= 4 is 6.29 Å². The molecule has 0 aliphatic heterocycles. The predicted molar refractivity (Wildman–Crippen MR) is 52.9 cm³/mol. The number of hydrogen-bond acceptors (Lipinski definition) is 3. The van der Waals surface area contributed by atoms with Crippen molar-refractivity contribution in [1.82, 2.24) is 9.97 Å². The molecule has 0 spiro atoms. The van der Waals surface area contributed by atoms with Crippen LogP contribution in [0, 0.1) is 0 Å². The number of benzene rings is 1. The molecule has 3 heteroatoms. The fraction of sp³-hybridized carbons (Fsp3) is 0. The topological polar surface area (TPSA) is 42.9 Å². The zero-order valence-corrected chi connectivity index (χ0v) is 7.42. The Labute approximate surface area is 81.5 Å². The number of rotatable bonds is 2. The van der Waals surface area contributed by atoms with Crippen LogP contribution in [-0.2, 0) is 0 Å². The fourth-order valence-corrected chi connectivity index (χ4v) is 1.24. The highest BCUT2D eigenvalue weighted by molar-refractivity contribution is 5.85. The van der Waals surface area contributed by atoms with E-state index < -0.39 is 0 Å². The molecule has 0 aliphatic rings. The first kappa shape index (κ1) is 8.56. The van der Waals surface area contributed by atoms with E-state index in [0.29, 0.717) is 11.4 Å². The minimum atomic E-state index is 0.579. The highest BCUT2D eigenvalue weighted by Gasteiger charge is 2.04. The van der Waals surface area contributed by atoms with E-state index in [9.17, 15) is 4.79 Å². The van der Waals surface area contributed by atoms with E-state index in [0.717, 1.165) is 11.8 Å². The van der Waals surface area contributed by atoms with E-state index in [2.05, 4.69) is 9.97 Å². The predicted octanol–water partition coefficient (Wildman–Crippen LogP) is 1.96. The van der Waals surface area contributed by atoms with Crippen LogP contribution in [0.4, 0.5) is 0 Å². The quantitative estimate of drug-likeness (QED) is 0.670. The molecule has 3 nitrogen and oxygen atoms in total. The molecule has 2 aromatic rings. The van der Waals surface area contributed by atoms with Gasteiger partial charge in [-0.1, -0.05) is 24.3 Å². The molecule has 0 bridgehead atoms. The number of hydrogen-bond donors (Lipinski definition) is 0. The van der Waals surface area contributed by atoms with Gasteiger partial charge in [-0.25, -0.2) is 9.97 Å². The average molecular weight is 184 g/mol. The number of nitrogens with zero attached hydrogens (tertiary/aromatic N) is 2. The van der Waals surface area contributed by atoms with Crippen LogP contribution in [0.5, 0.6) is 0 Å². The maximum Gasteiger partial charge on any atom is 0.159 e. The molecule has 0 N–H and O–H groups in total. The third-order valence-corrected chi connectivity index (χ3v) is 1.89. The smallest absolute Gasteiger partial charge is 0.159 e. The van der Waals surface area contributed by atoms with Crippen molar-refractivity contribution in [2.75, 3.05) is 0 Å². The molecule has 1 aromatic carbocycles. The Kier molecular flexibility index (Phi) is 2.32. The van der Waals surface area contributed by atoms with Gasteiger partial charge in [0.1, 0.15) is 0 Å². The van der Waals surface area contributed by atoms with Gasteiger partial charge in [0.15, 0.2) is 12.1 Å². The van der Waals surface area contributed by atoms with Crippen LogP contribution < -0.4 is 0 Å². The molecule has 0 amide bonds. The van der Waals surface area contributed by atoms with Crippen molar-refractivity contribution in [2.45, 2.75) is 0 Å². The Hall–Kier alpha value is -2.03. The van der Waals surface area contributed by atoms with Gasteiger partial charge in [-0.05, 0) is 6.07 Å². The molecular weight excluding hydrogens is 176 g/mol. The third kappa shape index (κ3) is 1.52. The minimum Gasteiger partial charge on any atom is -0.298 e. The minimum absolute atomic E-state index is 0.579. The average Bonchev–Trinajstić information content (AvgIpc) is 2.30. The summed E-state index contributed by atoms with van der Waals surface area (Å²) in [6, 6.07) is 9.00. The van der Waals surface area contributed by atoms with Gasteiger partial charge in [0.05, 0.1) is 0 Å². The lowest BCUT2D eigenvalue weighted by molar-refractivity contribution is 0.112. The van der Waals surface area contributed by atoms with Crippen LogP contribution in [0.25, 0.3) is 11.4 Å². The SMILES string of the molecule is O=Cc1ccccc1-c1ncccn1. The van der Waals surface area contributed by atoms with Gasteiger partial charge in [0.2, 0.25) is 0 Å². The summed E-state index contributed by atoms with van der Waals surface area (Å²) in [5, 5.41) is 0. The Bertz CT molecular complexity index is 440. The molecular formula is C11H8N2O. The lowest BCUT2D eigenvalue weighted by Crippen LogP contribution is -1.91. The van der Waals surface area contributed by atoms with Crippen LogP contribution in [0.3, 0.4) is 0 Å². The third-order valence-electron chi connectivity index (χ3n) is 1.89. The summed E-state index contributed by atoms with van der Waals surface area (Å²) in [5.41, 5.74) is 1.38. The van der Waals surface area contributed by atoms with Gasteiger partial charge < -0.3 is 0 Å². The van der Waals surface area contributed by atoms with Crippen molar-refractivity contribution < 1.29 is 4.79 Å². The molecule has 0 atom stereocenters. The Morgan fingerprint density at radius 3 is 2.43 bits per heavy atom. The highest BCUT2D eigenvalue weighted by Crippen LogP contribution is 2.17. The second-order valence-electron chi connectivity index (χ2n) is 2.78. The van der Waals surface area contributed by atoms with Gasteiger partial charge in [0, 0.05) is 23.5 Å². The molecule has 0 radical (unpaired) electrons. The molecule has 14 heavy (non-hydrogen) atoms. The molecule has 68 valence electrons. The van der Waals surface area contributed by atoms with Crippen LogP contribution in [0.15, 0.2) is 42.7 Å². The van der Waals surface area contributed by atoms with Crippen molar-refractivity contribution in [3.05, 3.63) is 48.3 Å². The summed E-state index contributed by atoms with van der Waals surface area (Å²) in [7, 11) is 0. The number of aldehydes is 1. The molecule has 0 saturated heterocycles. The monoisotopic (exact) mass is 184 g/mol. The largest absolute Gasteiger partial charge is 0.298 e.